The van der Waals surface area contributed by atoms with E-state index in [0.29, 0.717) is 18.0 Å². The Bertz CT molecular complexity index is 533. The SMILES string of the molecule is NC1CCCN1S(=O)(=O)c1cc(Cl)ccc1Cl. The first-order chi connectivity index (χ1) is 7.93. The lowest BCUT2D eigenvalue weighted by atomic mass is 10.3. The molecule has 1 heterocycles. The van der Waals surface area contributed by atoms with Gasteiger partial charge in [-0.2, -0.15) is 4.31 Å². The van der Waals surface area contributed by atoms with Crippen LogP contribution in [-0.2, 0) is 10.0 Å². The number of nitrogens with zero attached hydrogens (tertiary/aromatic N) is 1. The van der Waals surface area contributed by atoms with Gasteiger partial charge in [0.05, 0.1) is 11.2 Å². The van der Waals surface area contributed by atoms with Crippen LogP contribution in [0, 0.1) is 0 Å². The Labute approximate surface area is 110 Å². The molecule has 0 bridgehead atoms. The zero-order valence-corrected chi connectivity index (χ0v) is 11.3. The fourth-order valence-corrected chi connectivity index (χ4v) is 4.19. The number of sulfonamides is 1. The molecule has 1 atom stereocenters. The number of nitrogens with two attached hydrogens (primary N) is 1. The van der Waals surface area contributed by atoms with E-state index in [1.165, 1.54) is 16.4 Å². The summed E-state index contributed by atoms with van der Waals surface area (Å²) in [7, 11) is -3.65. The van der Waals surface area contributed by atoms with Crippen LogP contribution >= 0.6 is 23.2 Å². The first kappa shape index (κ1) is 13.1. The topological polar surface area (TPSA) is 63.4 Å². The molecule has 0 saturated carbocycles. The standard InChI is InChI=1S/C10H12Cl2N2O2S/c11-7-3-4-8(12)9(6-7)17(15,16)14-5-1-2-10(14)13/h3-4,6,10H,1-2,5,13H2. The van der Waals surface area contributed by atoms with E-state index in [1.54, 1.807) is 6.07 Å². The van der Waals surface area contributed by atoms with Gasteiger partial charge in [0.25, 0.3) is 0 Å². The summed E-state index contributed by atoms with van der Waals surface area (Å²) >= 11 is 11.7. The predicted molar refractivity (Wildman–Crippen MR) is 67.6 cm³/mol. The minimum atomic E-state index is -3.65. The van der Waals surface area contributed by atoms with E-state index in [4.69, 9.17) is 28.9 Å². The first-order valence-electron chi connectivity index (χ1n) is 5.15. The summed E-state index contributed by atoms with van der Waals surface area (Å²) in [6.07, 6.45) is 0.950. The highest BCUT2D eigenvalue weighted by atomic mass is 35.5. The molecule has 1 aliphatic rings. The van der Waals surface area contributed by atoms with Crippen LogP contribution in [0.15, 0.2) is 23.1 Å². The zero-order chi connectivity index (χ0) is 12.6. The predicted octanol–water partition coefficient (Wildman–Crippen LogP) is 2.06. The van der Waals surface area contributed by atoms with Gasteiger partial charge in [-0.15, -0.1) is 0 Å². The van der Waals surface area contributed by atoms with Crippen molar-refractivity contribution in [1.29, 1.82) is 0 Å². The number of halogens is 2. The normalized spacial score (nSPS) is 21.9. The molecule has 17 heavy (non-hydrogen) atoms. The minimum absolute atomic E-state index is 0.0176. The Morgan fingerprint density at radius 3 is 2.65 bits per heavy atom. The van der Waals surface area contributed by atoms with Gasteiger partial charge in [-0.05, 0) is 31.0 Å². The fraction of sp³-hybridized carbons (Fsp3) is 0.400. The van der Waals surface area contributed by atoms with Gasteiger partial charge in [0.2, 0.25) is 10.0 Å². The molecule has 1 saturated heterocycles. The molecule has 0 radical (unpaired) electrons. The van der Waals surface area contributed by atoms with E-state index in [0.717, 1.165) is 6.42 Å². The lowest BCUT2D eigenvalue weighted by molar-refractivity contribution is 0.396. The summed E-state index contributed by atoms with van der Waals surface area (Å²) in [6.45, 7) is 0.423. The number of benzene rings is 1. The number of rotatable bonds is 2. The molecule has 1 aromatic rings. The van der Waals surface area contributed by atoms with E-state index in [9.17, 15) is 8.42 Å². The van der Waals surface area contributed by atoms with Gasteiger partial charge >= 0.3 is 0 Å². The van der Waals surface area contributed by atoms with Crippen molar-refractivity contribution in [3.63, 3.8) is 0 Å². The Hall–Kier alpha value is -0.330. The fourth-order valence-electron chi connectivity index (χ4n) is 1.87. The molecular formula is C10H12Cl2N2O2S. The van der Waals surface area contributed by atoms with Crippen LogP contribution in [0.5, 0.6) is 0 Å². The third kappa shape index (κ3) is 2.44. The van der Waals surface area contributed by atoms with Crippen LogP contribution in [0.25, 0.3) is 0 Å². The Morgan fingerprint density at radius 1 is 1.35 bits per heavy atom. The number of hydrogen-bond donors (Lipinski definition) is 1. The molecule has 94 valence electrons. The Kier molecular flexibility index (Phi) is 3.66. The van der Waals surface area contributed by atoms with Crippen LogP contribution in [0.1, 0.15) is 12.8 Å². The molecule has 0 amide bonds. The molecule has 4 nitrogen and oxygen atoms in total. The van der Waals surface area contributed by atoms with Gasteiger partial charge < -0.3 is 5.73 Å². The third-order valence-corrected chi connectivity index (χ3v) is 5.37. The summed E-state index contributed by atoms with van der Waals surface area (Å²) in [5.74, 6) is 0. The minimum Gasteiger partial charge on any atom is -0.315 e. The van der Waals surface area contributed by atoms with E-state index in [-0.39, 0.29) is 9.92 Å². The van der Waals surface area contributed by atoms with Crippen molar-refractivity contribution < 1.29 is 8.42 Å². The van der Waals surface area contributed by atoms with Gasteiger partial charge in [0, 0.05) is 11.6 Å². The van der Waals surface area contributed by atoms with Crippen molar-refractivity contribution in [2.45, 2.75) is 23.9 Å². The summed E-state index contributed by atoms with van der Waals surface area (Å²) in [6, 6.07) is 4.37. The maximum absolute atomic E-state index is 12.3. The molecule has 1 aromatic carbocycles. The second-order valence-electron chi connectivity index (χ2n) is 3.90. The van der Waals surface area contributed by atoms with Crippen molar-refractivity contribution in [2.75, 3.05) is 6.54 Å². The summed E-state index contributed by atoms with van der Waals surface area (Å²) in [5, 5.41) is 0.495. The van der Waals surface area contributed by atoms with Crippen LogP contribution < -0.4 is 5.73 Å². The van der Waals surface area contributed by atoms with Crippen molar-refractivity contribution >= 4 is 33.2 Å². The van der Waals surface area contributed by atoms with Gasteiger partial charge in [0.15, 0.2) is 0 Å². The average Bonchev–Trinajstić information content (AvgIpc) is 2.68. The molecule has 7 heteroatoms. The van der Waals surface area contributed by atoms with Crippen molar-refractivity contribution in [2.24, 2.45) is 5.73 Å². The second-order valence-corrected chi connectivity index (χ2v) is 6.60. The van der Waals surface area contributed by atoms with Gasteiger partial charge in [-0.3, -0.25) is 0 Å². The molecule has 0 aliphatic carbocycles. The zero-order valence-electron chi connectivity index (χ0n) is 8.94. The third-order valence-electron chi connectivity index (χ3n) is 2.73. The monoisotopic (exact) mass is 294 g/mol. The molecule has 1 aliphatic heterocycles. The quantitative estimate of drug-likeness (QED) is 0.908. The molecule has 1 fully saturated rings. The molecule has 2 rings (SSSR count). The highest BCUT2D eigenvalue weighted by Crippen LogP contribution is 2.30. The Balaban J connectivity index is 2.48. The molecule has 0 spiro atoms. The lowest BCUT2D eigenvalue weighted by Crippen LogP contribution is -2.40. The highest BCUT2D eigenvalue weighted by Gasteiger charge is 2.34. The smallest absolute Gasteiger partial charge is 0.245 e. The number of hydrogen-bond acceptors (Lipinski definition) is 3. The second kappa shape index (κ2) is 4.74. The van der Waals surface area contributed by atoms with Crippen molar-refractivity contribution in [3.05, 3.63) is 28.2 Å². The van der Waals surface area contributed by atoms with E-state index >= 15 is 0 Å². The van der Waals surface area contributed by atoms with Crippen LogP contribution in [0.4, 0.5) is 0 Å². The van der Waals surface area contributed by atoms with Crippen LogP contribution in [-0.4, -0.2) is 25.4 Å². The average molecular weight is 295 g/mol. The van der Waals surface area contributed by atoms with Crippen LogP contribution in [0.3, 0.4) is 0 Å². The summed E-state index contributed by atoms with van der Waals surface area (Å²) in [4.78, 5) is 0.0176. The van der Waals surface area contributed by atoms with Crippen molar-refractivity contribution in [3.8, 4) is 0 Å². The molecule has 0 aromatic heterocycles. The van der Waals surface area contributed by atoms with E-state index in [1.807, 2.05) is 0 Å². The Morgan fingerprint density at radius 2 is 2.06 bits per heavy atom. The van der Waals surface area contributed by atoms with Crippen molar-refractivity contribution in [1.82, 2.24) is 4.31 Å². The summed E-state index contributed by atoms with van der Waals surface area (Å²) in [5.41, 5.74) is 5.76. The molecule has 1 unspecified atom stereocenters. The molecular weight excluding hydrogens is 283 g/mol. The lowest BCUT2D eigenvalue weighted by Gasteiger charge is -2.21. The maximum Gasteiger partial charge on any atom is 0.245 e. The van der Waals surface area contributed by atoms with E-state index < -0.39 is 16.2 Å². The van der Waals surface area contributed by atoms with Crippen LogP contribution in [0.2, 0.25) is 10.0 Å². The van der Waals surface area contributed by atoms with Gasteiger partial charge in [0.1, 0.15) is 4.90 Å². The largest absolute Gasteiger partial charge is 0.315 e. The first-order valence-corrected chi connectivity index (χ1v) is 7.35. The van der Waals surface area contributed by atoms with E-state index in [2.05, 4.69) is 0 Å². The maximum atomic E-state index is 12.3. The van der Waals surface area contributed by atoms with Gasteiger partial charge in [-0.1, -0.05) is 23.2 Å². The molecule has 2 N–H and O–H groups in total. The highest BCUT2D eigenvalue weighted by molar-refractivity contribution is 7.89. The van der Waals surface area contributed by atoms with Gasteiger partial charge in [-0.25, -0.2) is 8.42 Å². The summed E-state index contributed by atoms with van der Waals surface area (Å²) < 4.78 is 25.9.